The van der Waals surface area contributed by atoms with E-state index < -0.39 is 11.9 Å². The average molecular weight is 707 g/mol. The van der Waals surface area contributed by atoms with Crippen molar-refractivity contribution in [3.05, 3.63) is 121 Å². The van der Waals surface area contributed by atoms with Crippen LogP contribution in [0.25, 0.3) is 5.69 Å². The molecule has 0 amide bonds. The summed E-state index contributed by atoms with van der Waals surface area (Å²) in [4.78, 5) is 36.5. The number of nitrogens with zero attached hydrogens (tertiary/aromatic N) is 5. The van der Waals surface area contributed by atoms with E-state index in [9.17, 15) is 9.59 Å². The molecule has 0 saturated heterocycles. The molecule has 3 heterocycles. The Morgan fingerprint density at radius 1 is 0.939 bits per heavy atom. The van der Waals surface area contributed by atoms with Gasteiger partial charge in [-0.3, -0.25) is 4.79 Å². The number of ether oxygens (including phenoxy) is 4. The number of methoxy groups -OCH3 is 3. The number of hydrogen-bond donors (Lipinski definition) is 0. The number of carbonyl (C=O) groups is 1. The minimum Gasteiger partial charge on any atom is -0.497 e. The Balaban J connectivity index is 1.73. The zero-order valence-corrected chi connectivity index (χ0v) is 29.6. The summed E-state index contributed by atoms with van der Waals surface area (Å²) in [6.07, 6.45) is 3.32. The van der Waals surface area contributed by atoms with Crippen molar-refractivity contribution in [1.29, 1.82) is 0 Å². The Bertz CT molecular complexity index is 1990. The lowest BCUT2D eigenvalue weighted by Gasteiger charge is -2.22. The molecule has 1 unspecified atom stereocenters. The largest absolute Gasteiger partial charge is 0.497 e. The van der Waals surface area contributed by atoms with Crippen LogP contribution < -0.4 is 19.8 Å². The van der Waals surface area contributed by atoms with Crippen LogP contribution in [0.5, 0.6) is 17.6 Å². The van der Waals surface area contributed by atoms with Gasteiger partial charge in [0.15, 0.2) is 5.69 Å². The first-order valence-electron chi connectivity index (χ1n) is 15.6. The normalized spacial score (nSPS) is 11.8. The van der Waals surface area contributed by atoms with Crippen molar-refractivity contribution < 1.29 is 23.7 Å². The van der Waals surface area contributed by atoms with Crippen LogP contribution >= 0.6 is 23.2 Å². The molecule has 13 heteroatoms. The van der Waals surface area contributed by atoms with E-state index in [4.69, 9.17) is 47.2 Å². The third-order valence-corrected chi connectivity index (χ3v) is 8.43. The van der Waals surface area contributed by atoms with Crippen LogP contribution in [0.4, 0.5) is 0 Å². The number of benzene rings is 2. The minimum absolute atomic E-state index is 0.0870. The molecule has 1 atom stereocenters. The lowest BCUT2D eigenvalue weighted by atomic mass is 9.83. The van der Waals surface area contributed by atoms with Crippen LogP contribution in [-0.4, -0.2) is 58.2 Å². The molecule has 5 aromatic rings. The van der Waals surface area contributed by atoms with Crippen LogP contribution in [0.1, 0.15) is 71.0 Å². The van der Waals surface area contributed by atoms with E-state index >= 15 is 0 Å². The van der Waals surface area contributed by atoms with Gasteiger partial charge in [-0.2, -0.15) is 10.1 Å². The number of aromatic nitrogens is 5. The number of esters is 1. The molecule has 3 aromatic heterocycles. The van der Waals surface area contributed by atoms with E-state index in [0.29, 0.717) is 44.8 Å². The molecule has 0 aliphatic carbocycles. The second-order valence-corrected chi connectivity index (χ2v) is 12.3. The summed E-state index contributed by atoms with van der Waals surface area (Å²) in [5.41, 5.74) is 3.66. The molecule has 0 N–H and O–H groups in total. The van der Waals surface area contributed by atoms with Crippen molar-refractivity contribution in [1.82, 2.24) is 24.3 Å². The fourth-order valence-electron chi connectivity index (χ4n) is 5.76. The zero-order valence-electron chi connectivity index (χ0n) is 28.1. The number of halogens is 2. The van der Waals surface area contributed by atoms with Gasteiger partial charge >= 0.3 is 12.0 Å². The lowest BCUT2D eigenvalue weighted by Crippen LogP contribution is -2.26. The van der Waals surface area contributed by atoms with Crippen LogP contribution in [0.3, 0.4) is 0 Å². The Morgan fingerprint density at radius 3 is 2.27 bits per heavy atom. The summed E-state index contributed by atoms with van der Waals surface area (Å²) in [6.45, 7) is 6.13. The van der Waals surface area contributed by atoms with Gasteiger partial charge in [0.2, 0.25) is 5.88 Å². The Kier molecular flexibility index (Phi) is 11.3. The standard InChI is InChI=1S/C36H37Cl2N5O6/c1-7-49-35(45)31-30(32(21(2)3)43(41-31)29-18-39-36(48-6)40-33(29)47-5)28(23-10-12-25(37)13-11-23)17-24-16-26(38)20-42(34(24)44)19-22-8-14-27(46-4)15-9-22/h8-16,18,20-21,28H,7,17,19H2,1-6H3. The van der Waals surface area contributed by atoms with Gasteiger partial charge in [-0.15, -0.1) is 0 Å². The maximum absolute atomic E-state index is 14.1. The van der Waals surface area contributed by atoms with E-state index in [1.165, 1.54) is 20.4 Å². The van der Waals surface area contributed by atoms with Crippen LogP contribution in [0, 0.1) is 0 Å². The van der Waals surface area contributed by atoms with Crippen LogP contribution in [0.15, 0.2) is 71.8 Å². The van der Waals surface area contributed by atoms with Crippen molar-refractivity contribution >= 4 is 29.2 Å². The highest BCUT2D eigenvalue weighted by Crippen LogP contribution is 2.39. The molecule has 0 saturated carbocycles. The number of hydrogen-bond acceptors (Lipinski definition) is 9. The summed E-state index contributed by atoms with van der Waals surface area (Å²) in [5, 5.41) is 5.74. The fraction of sp³-hybridized carbons (Fsp3) is 0.306. The maximum Gasteiger partial charge on any atom is 0.359 e. The monoisotopic (exact) mass is 705 g/mol. The van der Waals surface area contributed by atoms with E-state index in [1.807, 2.05) is 50.2 Å². The fourth-order valence-corrected chi connectivity index (χ4v) is 6.14. The van der Waals surface area contributed by atoms with E-state index in [1.54, 1.807) is 47.7 Å². The molecular formula is C36H37Cl2N5O6. The van der Waals surface area contributed by atoms with Crippen molar-refractivity contribution in [2.75, 3.05) is 27.9 Å². The number of carbonyl (C=O) groups excluding carboxylic acids is 1. The Morgan fingerprint density at radius 2 is 1.65 bits per heavy atom. The van der Waals surface area contributed by atoms with E-state index in [2.05, 4.69) is 9.97 Å². The molecule has 49 heavy (non-hydrogen) atoms. The molecule has 11 nitrogen and oxygen atoms in total. The predicted octanol–water partition coefficient (Wildman–Crippen LogP) is 6.88. The molecule has 0 aliphatic heterocycles. The van der Waals surface area contributed by atoms with Gasteiger partial charge < -0.3 is 23.5 Å². The highest BCUT2D eigenvalue weighted by molar-refractivity contribution is 6.30. The van der Waals surface area contributed by atoms with Crippen molar-refractivity contribution in [2.45, 2.75) is 45.6 Å². The summed E-state index contributed by atoms with van der Waals surface area (Å²) in [5.74, 6) is -0.454. The van der Waals surface area contributed by atoms with Crippen LogP contribution in [-0.2, 0) is 17.7 Å². The maximum atomic E-state index is 14.1. The van der Waals surface area contributed by atoms with Gasteiger partial charge in [0.1, 0.15) is 11.4 Å². The van der Waals surface area contributed by atoms with Crippen molar-refractivity contribution in [2.24, 2.45) is 0 Å². The molecule has 5 rings (SSSR count). The summed E-state index contributed by atoms with van der Waals surface area (Å²) < 4.78 is 24.8. The topological polar surface area (TPSA) is 120 Å². The smallest absolute Gasteiger partial charge is 0.359 e. The molecule has 256 valence electrons. The van der Waals surface area contributed by atoms with Gasteiger partial charge in [0.25, 0.3) is 5.56 Å². The summed E-state index contributed by atoms with van der Waals surface area (Å²) in [6, 6.07) is 16.5. The molecule has 0 spiro atoms. The first-order valence-corrected chi connectivity index (χ1v) is 16.4. The first-order chi connectivity index (χ1) is 23.6. The quantitative estimate of drug-likeness (QED) is 0.121. The Labute approximate surface area is 294 Å². The second kappa shape index (κ2) is 15.6. The molecule has 2 aromatic carbocycles. The van der Waals surface area contributed by atoms with Crippen LogP contribution in [0.2, 0.25) is 10.0 Å². The Hall–Kier alpha value is -4.87. The third-order valence-electron chi connectivity index (χ3n) is 7.98. The number of rotatable bonds is 13. The number of pyridine rings is 1. The highest BCUT2D eigenvalue weighted by Gasteiger charge is 2.34. The zero-order chi connectivity index (χ0) is 35.2. The second-order valence-electron chi connectivity index (χ2n) is 11.5. The molecule has 0 radical (unpaired) electrons. The lowest BCUT2D eigenvalue weighted by molar-refractivity contribution is 0.0517. The minimum atomic E-state index is -0.617. The molecular weight excluding hydrogens is 669 g/mol. The molecule has 0 aliphatic rings. The first kappa shape index (κ1) is 35.4. The third kappa shape index (κ3) is 7.73. The van der Waals surface area contributed by atoms with Gasteiger partial charge in [0, 0.05) is 28.3 Å². The molecule has 0 bridgehead atoms. The average Bonchev–Trinajstić information content (AvgIpc) is 3.50. The van der Waals surface area contributed by atoms with E-state index in [0.717, 1.165) is 11.1 Å². The van der Waals surface area contributed by atoms with Gasteiger partial charge in [-0.05, 0) is 60.7 Å². The SMILES string of the molecule is CCOC(=O)c1nn(-c2cnc(OC)nc2OC)c(C(C)C)c1C(Cc1cc(Cl)cn(Cc2ccc(OC)cc2)c1=O)c1ccc(Cl)cc1. The van der Waals surface area contributed by atoms with Crippen molar-refractivity contribution in [3.63, 3.8) is 0 Å². The van der Waals surface area contributed by atoms with E-state index in [-0.39, 0.29) is 42.1 Å². The highest BCUT2D eigenvalue weighted by atomic mass is 35.5. The predicted molar refractivity (Wildman–Crippen MR) is 187 cm³/mol. The summed E-state index contributed by atoms with van der Waals surface area (Å²) in [7, 11) is 4.53. The van der Waals surface area contributed by atoms with Gasteiger partial charge in [0.05, 0.1) is 51.4 Å². The molecule has 0 fully saturated rings. The van der Waals surface area contributed by atoms with Crippen molar-refractivity contribution in [3.8, 4) is 23.3 Å². The van der Waals surface area contributed by atoms with Gasteiger partial charge in [-0.25, -0.2) is 14.5 Å². The van der Waals surface area contributed by atoms with Gasteiger partial charge in [-0.1, -0.05) is 61.3 Å². The summed E-state index contributed by atoms with van der Waals surface area (Å²) >= 11 is 13.0.